The van der Waals surface area contributed by atoms with Crippen LogP contribution >= 0.6 is 0 Å². The molecule has 0 saturated carbocycles. The second-order valence-electron chi connectivity index (χ2n) is 6.39. The van der Waals surface area contributed by atoms with Crippen LogP contribution in [0.5, 0.6) is 11.5 Å². The number of nitrogens with zero attached hydrogens (tertiary/aromatic N) is 3. The second-order valence-corrected chi connectivity index (χ2v) is 6.39. The molecule has 0 saturated heterocycles. The van der Waals surface area contributed by atoms with E-state index >= 15 is 0 Å². The van der Waals surface area contributed by atoms with E-state index < -0.39 is 28.1 Å². The van der Waals surface area contributed by atoms with Crippen LogP contribution < -0.4 is 26.5 Å². The first-order chi connectivity index (χ1) is 13.2. The Labute approximate surface area is 161 Å². The Hall–Kier alpha value is -3.30. The van der Waals surface area contributed by atoms with E-state index in [0.29, 0.717) is 17.1 Å². The minimum atomic E-state index is -1.15. The van der Waals surface area contributed by atoms with Gasteiger partial charge in [0, 0.05) is 31.5 Å². The number of ether oxygens (including phenoxy) is 2. The molecule has 10 heteroatoms. The average molecular weight is 392 g/mol. The highest BCUT2D eigenvalue weighted by Gasteiger charge is 2.37. The van der Waals surface area contributed by atoms with Gasteiger partial charge in [-0.15, -0.1) is 0 Å². The van der Waals surface area contributed by atoms with Gasteiger partial charge in [0.2, 0.25) is 6.04 Å². The van der Waals surface area contributed by atoms with Gasteiger partial charge in [0.05, 0.1) is 25.7 Å². The Bertz CT molecular complexity index is 988. The molecule has 2 N–H and O–H groups in total. The number of nitrogens with two attached hydrogens (primary N) is 1. The van der Waals surface area contributed by atoms with E-state index in [4.69, 9.17) is 15.2 Å². The van der Waals surface area contributed by atoms with Gasteiger partial charge in [-0.25, -0.2) is 4.79 Å². The lowest BCUT2D eigenvalue weighted by Gasteiger charge is -2.24. The Balaban J connectivity index is 2.93. The summed E-state index contributed by atoms with van der Waals surface area (Å²) >= 11 is 0. The van der Waals surface area contributed by atoms with Gasteiger partial charge in [-0.1, -0.05) is 6.92 Å². The highest BCUT2D eigenvalue weighted by atomic mass is 16.6. The van der Waals surface area contributed by atoms with Crippen molar-refractivity contribution in [2.75, 3.05) is 20.0 Å². The van der Waals surface area contributed by atoms with Crippen LogP contribution in [0.1, 0.15) is 30.4 Å². The van der Waals surface area contributed by atoms with Crippen molar-refractivity contribution in [2.45, 2.75) is 25.3 Å². The molecule has 2 aromatic rings. The fraction of sp³-hybridized carbons (Fsp3) is 0.444. The molecule has 152 valence electrons. The molecule has 0 aliphatic carbocycles. The number of aromatic nitrogens is 2. The van der Waals surface area contributed by atoms with Crippen molar-refractivity contribution in [2.24, 2.45) is 14.1 Å². The van der Waals surface area contributed by atoms with Crippen molar-refractivity contribution in [1.82, 2.24) is 9.13 Å². The van der Waals surface area contributed by atoms with Crippen molar-refractivity contribution in [3.8, 4) is 11.5 Å². The van der Waals surface area contributed by atoms with Crippen LogP contribution in [0.2, 0.25) is 0 Å². The molecule has 0 spiro atoms. The zero-order valence-corrected chi connectivity index (χ0v) is 16.5. The van der Waals surface area contributed by atoms with Crippen molar-refractivity contribution in [3.05, 3.63) is 60.3 Å². The van der Waals surface area contributed by atoms with Gasteiger partial charge in [0.15, 0.2) is 0 Å². The summed E-state index contributed by atoms with van der Waals surface area (Å²) < 4.78 is 12.5. The van der Waals surface area contributed by atoms with Crippen molar-refractivity contribution < 1.29 is 14.4 Å². The highest BCUT2D eigenvalue weighted by Crippen LogP contribution is 2.36. The van der Waals surface area contributed by atoms with E-state index in [9.17, 15) is 19.7 Å². The normalized spacial score (nSPS) is 13.0. The fourth-order valence-corrected chi connectivity index (χ4v) is 3.27. The van der Waals surface area contributed by atoms with Gasteiger partial charge >= 0.3 is 5.69 Å². The van der Waals surface area contributed by atoms with Crippen LogP contribution in [0.3, 0.4) is 0 Å². The predicted molar refractivity (Wildman–Crippen MR) is 104 cm³/mol. The van der Waals surface area contributed by atoms with Crippen molar-refractivity contribution in [3.63, 3.8) is 0 Å². The lowest BCUT2D eigenvalue weighted by atomic mass is 9.84. The number of anilines is 1. The SMILES string of the molecule is CC[C@H]([C@H](c1cc(OC)cc(OC)c1)c1c(N)n(C)c(=O)n(C)c1=O)[N+](=O)[O-]. The van der Waals surface area contributed by atoms with Crippen LogP contribution in [-0.4, -0.2) is 34.3 Å². The summed E-state index contributed by atoms with van der Waals surface area (Å²) in [6.07, 6.45) is 0.141. The zero-order valence-electron chi connectivity index (χ0n) is 16.5. The number of hydrogen-bond donors (Lipinski definition) is 1. The maximum Gasteiger partial charge on any atom is 0.332 e. The van der Waals surface area contributed by atoms with Gasteiger partial charge in [-0.2, -0.15) is 0 Å². The Morgan fingerprint density at radius 1 is 1.11 bits per heavy atom. The molecule has 0 unspecified atom stereocenters. The van der Waals surface area contributed by atoms with E-state index in [0.717, 1.165) is 9.13 Å². The first-order valence-electron chi connectivity index (χ1n) is 8.59. The zero-order chi connectivity index (χ0) is 21.2. The van der Waals surface area contributed by atoms with E-state index in [1.165, 1.54) is 28.3 Å². The summed E-state index contributed by atoms with van der Waals surface area (Å²) in [4.78, 5) is 36.4. The summed E-state index contributed by atoms with van der Waals surface area (Å²) in [6, 6.07) is 3.67. The number of nitro groups is 1. The van der Waals surface area contributed by atoms with E-state index in [1.807, 2.05) is 0 Å². The van der Waals surface area contributed by atoms with Gasteiger partial charge < -0.3 is 15.2 Å². The molecule has 0 bridgehead atoms. The maximum atomic E-state index is 12.9. The van der Waals surface area contributed by atoms with E-state index in [2.05, 4.69) is 0 Å². The molecule has 0 radical (unpaired) electrons. The molecule has 1 heterocycles. The topological polar surface area (TPSA) is 132 Å². The van der Waals surface area contributed by atoms with Crippen LogP contribution in [0, 0.1) is 10.1 Å². The number of rotatable bonds is 7. The van der Waals surface area contributed by atoms with Crippen LogP contribution in [0.15, 0.2) is 27.8 Å². The third kappa shape index (κ3) is 3.57. The molecule has 10 nitrogen and oxygen atoms in total. The highest BCUT2D eigenvalue weighted by molar-refractivity contribution is 5.50. The third-order valence-corrected chi connectivity index (χ3v) is 4.86. The molecule has 2 atom stereocenters. The minimum Gasteiger partial charge on any atom is -0.497 e. The molecule has 28 heavy (non-hydrogen) atoms. The minimum absolute atomic E-state index is 0.0107. The van der Waals surface area contributed by atoms with E-state index in [1.54, 1.807) is 25.1 Å². The summed E-state index contributed by atoms with van der Waals surface area (Å²) in [6.45, 7) is 1.65. The smallest absolute Gasteiger partial charge is 0.332 e. The Morgan fingerprint density at radius 3 is 2.07 bits per heavy atom. The standard InChI is InChI=1S/C18H24N4O6/c1-6-13(22(25)26)14(10-7-11(27-4)9-12(8-10)28-5)15-16(19)20(2)18(24)21(3)17(15)23/h7-9,13-14H,6,19H2,1-5H3/t13-,14+/m1/s1. The molecular formula is C18H24N4O6. The molecule has 0 aliphatic heterocycles. The van der Waals surface area contributed by atoms with Crippen LogP contribution in [0.4, 0.5) is 5.82 Å². The Kier molecular flexibility index (Phi) is 6.12. The molecule has 0 amide bonds. The van der Waals surface area contributed by atoms with Crippen molar-refractivity contribution in [1.29, 1.82) is 0 Å². The quantitative estimate of drug-likeness (QED) is 0.546. The molecule has 0 fully saturated rings. The summed E-state index contributed by atoms with van der Waals surface area (Å²) in [7, 11) is 5.64. The van der Waals surface area contributed by atoms with Gasteiger partial charge in [0.25, 0.3) is 5.56 Å². The summed E-state index contributed by atoms with van der Waals surface area (Å²) in [5.41, 5.74) is 5.23. The van der Waals surface area contributed by atoms with Gasteiger partial charge in [0.1, 0.15) is 17.3 Å². The molecule has 2 rings (SSSR count). The van der Waals surface area contributed by atoms with Gasteiger partial charge in [-0.3, -0.25) is 24.0 Å². The van der Waals surface area contributed by atoms with Gasteiger partial charge in [-0.05, 0) is 17.7 Å². The van der Waals surface area contributed by atoms with E-state index in [-0.39, 0.29) is 17.8 Å². The fourth-order valence-electron chi connectivity index (χ4n) is 3.27. The summed E-state index contributed by atoms with van der Waals surface area (Å²) in [5, 5.41) is 11.8. The average Bonchev–Trinajstić information content (AvgIpc) is 2.69. The maximum absolute atomic E-state index is 12.9. The largest absolute Gasteiger partial charge is 0.497 e. The predicted octanol–water partition coefficient (Wildman–Crippen LogP) is 0.871. The monoisotopic (exact) mass is 392 g/mol. The first kappa shape index (κ1) is 21.0. The third-order valence-electron chi connectivity index (χ3n) is 4.86. The molecule has 1 aromatic heterocycles. The Morgan fingerprint density at radius 2 is 1.64 bits per heavy atom. The lowest BCUT2D eigenvalue weighted by molar-refractivity contribution is -0.525. The number of nitrogen functional groups attached to an aromatic ring is 1. The number of hydrogen-bond acceptors (Lipinski definition) is 7. The molecule has 0 aliphatic rings. The first-order valence-corrected chi connectivity index (χ1v) is 8.59. The lowest BCUT2D eigenvalue weighted by Crippen LogP contribution is -2.43. The number of methoxy groups -OCH3 is 2. The molecule has 1 aromatic carbocycles. The van der Waals surface area contributed by atoms with Crippen LogP contribution in [0.25, 0.3) is 0 Å². The van der Waals surface area contributed by atoms with Crippen LogP contribution in [-0.2, 0) is 14.1 Å². The number of benzene rings is 1. The molecular weight excluding hydrogens is 368 g/mol. The van der Waals surface area contributed by atoms with Crippen molar-refractivity contribution >= 4 is 5.82 Å². The second kappa shape index (κ2) is 8.15. The summed E-state index contributed by atoms with van der Waals surface area (Å²) in [5.74, 6) is -0.287.